The number of hydrogen-bond donors (Lipinski definition) is 1. The first-order chi connectivity index (χ1) is 5.93. The van der Waals surface area contributed by atoms with E-state index < -0.39 is 11.9 Å². The molecular weight excluding hydrogens is 285 g/mol. The second kappa shape index (κ2) is 5.41. The number of nitrogens with one attached hydrogen (secondary N) is 1. The Labute approximate surface area is 91.9 Å². The zero-order valence-corrected chi connectivity index (χ0v) is 10.2. The Balaban J connectivity index is 3.90. The summed E-state index contributed by atoms with van der Waals surface area (Å²) in [7, 11) is 0. The quantitative estimate of drug-likeness (QED) is 0.371. The summed E-state index contributed by atoms with van der Waals surface area (Å²) in [5, 5.41) is 0. The standard InChI is InChI=1S/C8H14INO3/c1-4-8(2,3)5-13-7(12)6(11)10-9/h4-5H2,1-3H3,(H,10,11). The van der Waals surface area contributed by atoms with Gasteiger partial charge in [-0.05, 0) is 11.8 Å². The average Bonchev–Trinajstić information content (AvgIpc) is 2.13. The summed E-state index contributed by atoms with van der Waals surface area (Å²) >= 11 is 1.60. The second-order valence-corrected chi connectivity index (χ2v) is 4.06. The Bertz CT molecular complexity index is 204. The van der Waals surface area contributed by atoms with Crippen molar-refractivity contribution in [2.24, 2.45) is 5.41 Å². The molecule has 0 saturated heterocycles. The van der Waals surface area contributed by atoms with E-state index in [0.717, 1.165) is 6.42 Å². The van der Waals surface area contributed by atoms with E-state index in [1.807, 2.05) is 20.8 Å². The van der Waals surface area contributed by atoms with Crippen LogP contribution >= 0.6 is 22.9 Å². The Hall–Kier alpha value is -0.330. The maximum atomic E-state index is 10.9. The molecule has 0 radical (unpaired) electrons. The van der Waals surface area contributed by atoms with Crippen LogP contribution in [0.25, 0.3) is 0 Å². The molecule has 0 aliphatic carbocycles. The van der Waals surface area contributed by atoms with E-state index in [0.29, 0.717) is 0 Å². The summed E-state index contributed by atoms with van der Waals surface area (Å²) in [5.41, 5.74) is -0.0682. The number of halogens is 1. The lowest BCUT2D eigenvalue weighted by Crippen LogP contribution is -2.29. The van der Waals surface area contributed by atoms with Gasteiger partial charge >= 0.3 is 11.9 Å². The molecule has 1 amide bonds. The lowest BCUT2D eigenvalue weighted by molar-refractivity contribution is -0.156. The molecule has 0 aliphatic rings. The molecular formula is C8H14INO3. The van der Waals surface area contributed by atoms with Crippen LogP contribution in [0, 0.1) is 5.41 Å². The van der Waals surface area contributed by atoms with Crippen LogP contribution < -0.4 is 3.53 Å². The zero-order valence-electron chi connectivity index (χ0n) is 8.02. The molecule has 0 aromatic rings. The van der Waals surface area contributed by atoms with Crippen molar-refractivity contribution in [3.05, 3.63) is 0 Å². The fraction of sp³-hybridized carbons (Fsp3) is 0.750. The first-order valence-electron chi connectivity index (χ1n) is 4.00. The topological polar surface area (TPSA) is 55.4 Å². The van der Waals surface area contributed by atoms with Crippen molar-refractivity contribution >= 4 is 34.7 Å². The number of carbonyl (C=O) groups excluding carboxylic acids is 2. The van der Waals surface area contributed by atoms with Crippen LogP contribution in [-0.2, 0) is 14.3 Å². The van der Waals surface area contributed by atoms with Gasteiger partial charge in [0, 0.05) is 0 Å². The highest BCUT2D eigenvalue weighted by molar-refractivity contribution is 14.1. The smallest absolute Gasteiger partial charge is 0.397 e. The van der Waals surface area contributed by atoms with Gasteiger partial charge in [0.25, 0.3) is 0 Å². The van der Waals surface area contributed by atoms with Gasteiger partial charge in [-0.1, -0.05) is 20.8 Å². The maximum absolute atomic E-state index is 10.9. The van der Waals surface area contributed by atoms with Gasteiger partial charge in [-0.2, -0.15) is 0 Å². The third-order valence-corrected chi connectivity index (χ3v) is 2.31. The van der Waals surface area contributed by atoms with Crippen LogP contribution in [0.15, 0.2) is 0 Å². The van der Waals surface area contributed by atoms with Crippen LogP contribution in [0.2, 0.25) is 0 Å². The van der Waals surface area contributed by atoms with Gasteiger partial charge in [0.1, 0.15) is 0 Å². The minimum Gasteiger partial charge on any atom is -0.458 e. The highest BCUT2D eigenvalue weighted by Gasteiger charge is 2.20. The Kier molecular flexibility index (Phi) is 5.27. The number of rotatable bonds is 3. The van der Waals surface area contributed by atoms with Gasteiger partial charge < -0.3 is 4.74 Å². The summed E-state index contributed by atoms with van der Waals surface area (Å²) in [6.45, 7) is 6.23. The predicted molar refractivity (Wildman–Crippen MR) is 57.2 cm³/mol. The van der Waals surface area contributed by atoms with Crippen molar-refractivity contribution in [2.75, 3.05) is 6.61 Å². The number of esters is 1. The summed E-state index contributed by atoms with van der Waals surface area (Å²) < 4.78 is 6.97. The third-order valence-electron chi connectivity index (χ3n) is 1.82. The van der Waals surface area contributed by atoms with Gasteiger partial charge in [0.15, 0.2) is 0 Å². The molecule has 13 heavy (non-hydrogen) atoms. The lowest BCUT2D eigenvalue weighted by atomic mass is 9.92. The molecule has 0 aliphatic heterocycles. The summed E-state index contributed by atoms with van der Waals surface area (Å²) in [4.78, 5) is 21.6. The van der Waals surface area contributed by atoms with Crippen molar-refractivity contribution < 1.29 is 14.3 Å². The van der Waals surface area contributed by atoms with E-state index >= 15 is 0 Å². The number of carbonyl (C=O) groups is 2. The number of hydrogen-bond acceptors (Lipinski definition) is 3. The predicted octanol–water partition coefficient (Wildman–Crippen LogP) is 1.43. The van der Waals surface area contributed by atoms with E-state index in [-0.39, 0.29) is 12.0 Å². The van der Waals surface area contributed by atoms with Crippen LogP contribution in [-0.4, -0.2) is 18.5 Å². The largest absolute Gasteiger partial charge is 0.458 e. The van der Waals surface area contributed by atoms with Crippen LogP contribution in [0.5, 0.6) is 0 Å². The Morgan fingerprint density at radius 3 is 2.38 bits per heavy atom. The lowest BCUT2D eigenvalue weighted by Gasteiger charge is -2.21. The first kappa shape index (κ1) is 12.7. The molecule has 0 bridgehead atoms. The molecule has 0 aromatic heterocycles. The maximum Gasteiger partial charge on any atom is 0.397 e. The van der Waals surface area contributed by atoms with E-state index in [1.54, 1.807) is 22.9 Å². The first-order valence-corrected chi connectivity index (χ1v) is 5.08. The zero-order chi connectivity index (χ0) is 10.5. The summed E-state index contributed by atoms with van der Waals surface area (Å²) in [6.07, 6.45) is 0.895. The average molecular weight is 299 g/mol. The van der Waals surface area contributed by atoms with Crippen LogP contribution in [0.4, 0.5) is 0 Å². The normalized spacial score (nSPS) is 10.8. The SMILES string of the molecule is CCC(C)(C)COC(=O)C(=O)NI. The minimum atomic E-state index is -0.823. The van der Waals surface area contributed by atoms with Gasteiger partial charge in [-0.15, -0.1) is 0 Å². The summed E-state index contributed by atoms with van der Waals surface area (Å²) in [6, 6.07) is 0. The van der Waals surface area contributed by atoms with Crippen molar-refractivity contribution in [3.8, 4) is 0 Å². The van der Waals surface area contributed by atoms with Crippen LogP contribution in [0.3, 0.4) is 0 Å². The van der Waals surface area contributed by atoms with Crippen molar-refractivity contribution in [3.63, 3.8) is 0 Å². The van der Waals surface area contributed by atoms with Gasteiger partial charge in [-0.3, -0.25) is 8.32 Å². The highest BCUT2D eigenvalue weighted by Crippen LogP contribution is 2.19. The molecule has 0 spiro atoms. The summed E-state index contributed by atoms with van der Waals surface area (Å²) in [5.74, 6) is -1.54. The molecule has 0 saturated carbocycles. The molecule has 0 unspecified atom stereocenters. The monoisotopic (exact) mass is 299 g/mol. The molecule has 5 heteroatoms. The van der Waals surface area contributed by atoms with E-state index in [2.05, 4.69) is 3.53 Å². The van der Waals surface area contributed by atoms with E-state index in [9.17, 15) is 9.59 Å². The fourth-order valence-corrected chi connectivity index (χ4v) is 0.687. The van der Waals surface area contributed by atoms with Crippen molar-refractivity contribution in [1.29, 1.82) is 0 Å². The molecule has 0 heterocycles. The van der Waals surface area contributed by atoms with Crippen LogP contribution in [0.1, 0.15) is 27.2 Å². The molecule has 1 N–H and O–H groups in total. The van der Waals surface area contributed by atoms with E-state index in [1.165, 1.54) is 0 Å². The highest BCUT2D eigenvalue weighted by atomic mass is 127. The molecule has 0 rings (SSSR count). The van der Waals surface area contributed by atoms with Gasteiger partial charge in [0.05, 0.1) is 29.5 Å². The number of ether oxygens (including phenoxy) is 1. The molecule has 4 nitrogen and oxygen atoms in total. The van der Waals surface area contributed by atoms with Crippen molar-refractivity contribution in [1.82, 2.24) is 3.53 Å². The Morgan fingerprint density at radius 1 is 1.46 bits per heavy atom. The van der Waals surface area contributed by atoms with E-state index in [4.69, 9.17) is 4.74 Å². The molecule has 0 aromatic carbocycles. The van der Waals surface area contributed by atoms with Gasteiger partial charge in [0.2, 0.25) is 0 Å². The second-order valence-electron chi connectivity index (χ2n) is 3.52. The molecule has 76 valence electrons. The Morgan fingerprint density at radius 2 is 2.00 bits per heavy atom. The number of amides is 1. The third kappa shape index (κ3) is 5.07. The van der Waals surface area contributed by atoms with Gasteiger partial charge in [-0.25, -0.2) is 4.79 Å². The molecule has 0 fully saturated rings. The minimum absolute atomic E-state index is 0.0682. The fourth-order valence-electron chi connectivity index (χ4n) is 0.467. The molecule has 0 atom stereocenters. The van der Waals surface area contributed by atoms with Crippen molar-refractivity contribution in [2.45, 2.75) is 27.2 Å².